The summed E-state index contributed by atoms with van der Waals surface area (Å²) >= 11 is 0. The predicted octanol–water partition coefficient (Wildman–Crippen LogP) is 3.51. The van der Waals surface area contributed by atoms with Crippen molar-refractivity contribution < 1.29 is 19.4 Å². The summed E-state index contributed by atoms with van der Waals surface area (Å²) in [5.41, 5.74) is 1.52. The van der Waals surface area contributed by atoms with Crippen LogP contribution in [0.4, 0.5) is 5.69 Å². The zero-order valence-electron chi connectivity index (χ0n) is 15.0. The van der Waals surface area contributed by atoms with E-state index in [4.69, 9.17) is 9.84 Å². The molecule has 1 heterocycles. The number of anilines is 1. The summed E-state index contributed by atoms with van der Waals surface area (Å²) in [5.74, 6) is -0.411. The van der Waals surface area contributed by atoms with E-state index in [0.717, 1.165) is 17.3 Å². The molecule has 1 unspecified atom stereocenters. The molecule has 0 saturated heterocycles. The van der Waals surface area contributed by atoms with Gasteiger partial charge in [0.2, 0.25) is 5.91 Å². The first-order valence-corrected chi connectivity index (χ1v) is 8.57. The number of carbonyl (C=O) groups excluding carboxylic acids is 1. The smallest absolute Gasteiger partial charge is 0.323 e. The molecule has 1 aromatic carbocycles. The molecule has 0 saturated carbocycles. The standard InChI is InChI=1S/C19H26N2O4/c1-13(2)10-14(3)25-9-7-18(22)20-16-4-5-17-15(11-16)6-8-21(17)12-19(23)24/h4-6,8,11,13-14H,7,9-10,12H2,1-3H3,(H,20,22)(H,23,24). The molecule has 0 aliphatic rings. The van der Waals surface area contributed by atoms with Crippen molar-refractivity contribution in [2.24, 2.45) is 5.92 Å². The lowest BCUT2D eigenvalue weighted by Gasteiger charge is -2.15. The topological polar surface area (TPSA) is 80.6 Å². The SMILES string of the molecule is CC(C)CC(C)OCCC(=O)Nc1ccc2c(ccn2CC(=O)O)c1. The maximum atomic E-state index is 12.0. The average Bonchev–Trinajstić information content (AvgIpc) is 2.88. The Hall–Kier alpha value is -2.34. The summed E-state index contributed by atoms with van der Waals surface area (Å²) in [6, 6.07) is 7.27. The number of carboxylic acid groups (broad SMARTS) is 1. The van der Waals surface area contributed by atoms with Gasteiger partial charge in [-0.1, -0.05) is 13.8 Å². The molecular weight excluding hydrogens is 320 g/mol. The normalized spacial score (nSPS) is 12.5. The van der Waals surface area contributed by atoms with Crippen molar-refractivity contribution in [1.29, 1.82) is 0 Å². The minimum Gasteiger partial charge on any atom is -0.480 e. The number of aromatic nitrogens is 1. The number of nitrogens with one attached hydrogen (secondary N) is 1. The van der Waals surface area contributed by atoms with Gasteiger partial charge in [0.1, 0.15) is 6.54 Å². The number of hydrogen-bond acceptors (Lipinski definition) is 3. The van der Waals surface area contributed by atoms with Crippen LogP contribution in [0.5, 0.6) is 0 Å². The highest BCUT2D eigenvalue weighted by molar-refractivity contribution is 5.94. The van der Waals surface area contributed by atoms with Crippen LogP contribution in [0.3, 0.4) is 0 Å². The molecule has 1 amide bonds. The van der Waals surface area contributed by atoms with Gasteiger partial charge in [0.15, 0.2) is 0 Å². The van der Waals surface area contributed by atoms with Gasteiger partial charge in [-0.2, -0.15) is 0 Å². The highest BCUT2D eigenvalue weighted by atomic mass is 16.5. The quantitative estimate of drug-likeness (QED) is 0.728. The third kappa shape index (κ3) is 5.90. The van der Waals surface area contributed by atoms with Crippen LogP contribution >= 0.6 is 0 Å². The van der Waals surface area contributed by atoms with E-state index >= 15 is 0 Å². The molecule has 0 aliphatic heterocycles. The highest BCUT2D eigenvalue weighted by Crippen LogP contribution is 2.20. The summed E-state index contributed by atoms with van der Waals surface area (Å²) in [7, 11) is 0. The summed E-state index contributed by atoms with van der Waals surface area (Å²) in [5, 5.41) is 12.6. The Morgan fingerprint density at radius 2 is 2.00 bits per heavy atom. The summed E-state index contributed by atoms with van der Waals surface area (Å²) in [4.78, 5) is 22.9. The van der Waals surface area contributed by atoms with Crippen molar-refractivity contribution in [2.75, 3.05) is 11.9 Å². The lowest BCUT2D eigenvalue weighted by atomic mass is 10.1. The van der Waals surface area contributed by atoms with E-state index in [0.29, 0.717) is 24.6 Å². The zero-order chi connectivity index (χ0) is 18.4. The van der Waals surface area contributed by atoms with Crippen molar-refractivity contribution in [2.45, 2.75) is 46.3 Å². The Balaban J connectivity index is 1.87. The van der Waals surface area contributed by atoms with Crippen LogP contribution in [0.1, 0.15) is 33.6 Å². The van der Waals surface area contributed by atoms with Gasteiger partial charge in [-0.15, -0.1) is 0 Å². The molecule has 0 radical (unpaired) electrons. The van der Waals surface area contributed by atoms with Crippen LogP contribution in [0.15, 0.2) is 30.5 Å². The average molecular weight is 346 g/mol. The van der Waals surface area contributed by atoms with Crippen LogP contribution in [0, 0.1) is 5.92 Å². The van der Waals surface area contributed by atoms with Crippen LogP contribution in [-0.4, -0.2) is 34.3 Å². The van der Waals surface area contributed by atoms with E-state index in [1.807, 2.05) is 25.1 Å². The number of ether oxygens (including phenoxy) is 1. The molecule has 0 fully saturated rings. The van der Waals surface area contributed by atoms with Crippen LogP contribution in [0.25, 0.3) is 10.9 Å². The monoisotopic (exact) mass is 346 g/mol. The largest absolute Gasteiger partial charge is 0.480 e. The second-order valence-electron chi connectivity index (χ2n) is 6.72. The second kappa shape index (κ2) is 8.67. The van der Waals surface area contributed by atoms with Crippen LogP contribution < -0.4 is 5.32 Å². The Labute approximate surface area is 147 Å². The lowest BCUT2D eigenvalue weighted by molar-refractivity contribution is -0.137. The van der Waals surface area contributed by atoms with Gasteiger partial charge in [-0.05, 0) is 43.5 Å². The maximum Gasteiger partial charge on any atom is 0.323 e. The maximum absolute atomic E-state index is 12.0. The number of nitrogens with zero attached hydrogens (tertiary/aromatic N) is 1. The van der Waals surface area contributed by atoms with Crippen molar-refractivity contribution >= 4 is 28.5 Å². The number of benzene rings is 1. The van der Waals surface area contributed by atoms with Crippen molar-refractivity contribution in [3.8, 4) is 0 Å². The zero-order valence-corrected chi connectivity index (χ0v) is 15.0. The molecular formula is C19H26N2O4. The lowest BCUT2D eigenvalue weighted by Crippen LogP contribution is -2.18. The van der Waals surface area contributed by atoms with Gasteiger partial charge in [-0.3, -0.25) is 9.59 Å². The number of carbonyl (C=O) groups is 2. The third-order valence-electron chi connectivity index (χ3n) is 3.90. The first-order valence-electron chi connectivity index (χ1n) is 8.57. The van der Waals surface area contributed by atoms with Gasteiger partial charge in [0.05, 0.1) is 19.1 Å². The second-order valence-corrected chi connectivity index (χ2v) is 6.72. The van der Waals surface area contributed by atoms with E-state index in [1.165, 1.54) is 0 Å². The van der Waals surface area contributed by atoms with E-state index < -0.39 is 5.97 Å². The molecule has 2 aromatic rings. The number of rotatable bonds is 9. The third-order valence-corrected chi connectivity index (χ3v) is 3.90. The van der Waals surface area contributed by atoms with E-state index in [9.17, 15) is 9.59 Å². The minimum atomic E-state index is -0.887. The molecule has 6 nitrogen and oxygen atoms in total. The van der Waals surface area contributed by atoms with Gasteiger partial charge >= 0.3 is 5.97 Å². The molecule has 0 aliphatic carbocycles. The summed E-state index contributed by atoms with van der Waals surface area (Å²) in [6.07, 6.45) is 3.17. The fourth-order valence-electron chi connectivity index (χ4n) is 2.87. The Bertz CT molecular complexity index is 736. The van der Waals surface area contributed by atoms with Crippen molar-refractivity contribution in [3.63, 3.8) is 0 Å². The van der Waals surface area contributed by atoms with Gasteiger partial charge in [0.25, 0.3) is 0 Å². The first-order chi connectivity index (χ1) is 11.8. The van der Waals surface area contributed by atoms with E-state index in [-0.39, 0.29) is 18.6 Å². The number of amides is 1. The molecule has 25 heavy (non-hydrogen) atoms. The Morgan fingerprint density at radius 1 is 1.24 bits per heavy atom. The van der Waals surface area contributed by atoms with E-state index in [1.54, 1.807) is 16.8 Å². The van der Waals surface area contributed by atoms with Crippen molar-refractivity contribution in [1.82, 2.24) is 4.57 Å². The van der Waals surface area contributed by atoms with Gasteiger partial charge in [0, 0.05) is 22.8 Å². The highest BCUT2D eigenvalue weighted by Gasteiger charge is 2.09. The number of aliphatic carboxylic acids is 1. The molecule has 1 atom stereocenters. The van der Waals surface area contributed by atoms with Crippen molar-refractivity contribution in [3.05, 3.63) is 30.5 Å². The minimum absolute atomic E-state index is 0.0822. The van der Waals surface area contributed by atoms with E-state index in [2.05, 4.69) is 19.2 Å². The van der Waals surface area contributed by atoms with Crippen LogP contribution in [0.2, 0.25) is 0 Å². The molecule has 2 rings (SSSR count). The number of carboxylic acids is 1. The molecule has 1 aromatic heterocycles. The molecule has 0 spiro atoms. The summed E-state index contributed by atoms with van der Waals surface area (Å²) in [6.45, 7) is 6.63. The number of hydrogen-bond donors (Lipinski definition) is 2. The molecule has 6 heteroatoms. The van der Waals surface area contributed by atoms with Gasteiger partial charge in [-0.25, -0.2) is 0 Å². The molecule has 0 bridgehead atoms. The first kappa shape index (κ1) is 19.0. The molecule has 2 N–H and O–H groups in total. The van der Waals surface area contributed by atoms with Gasteiger partial charge < -0.3 is 19.7 Å². The Kier molecular flexibility index (Phi) is 6.58. The van der Waals surface area contributed by atoms with Crippen LogP contribution in [-0.2, 0) is 20.9 Å². The predicted molar refractivity (Wildman–Crippen MR) is 97.7 cm³/mol. The fraction of sp³-hybridized carbons (Fsp3) is 0.474. The number of fused-ring (bicyclic) bond motifs is 1. The Morgan fingerprint density at radius 3 is 2.68 bits per heavy atom. The summed E-state index contributed by atoms with van der Waals surface area (Å²) < 4.78 is 7.31. The fourth-order valence-corrected chi connectivity index (χ4v) is 2.87. The molecule has 136 valence electrons.